The SMILES string of the molecule is COc1nc(-c2cccc(-c3cccc(-c4ccn5c(=O)c(C)c(CNC6CC(C)(O)C6)nc5c4)c3Cl)c2Cl)ccc1CNC[C@@H]1CCC(=O)N1. The molecule has 1 saturated heterocycles. The van der Waals surface area contributed by atoms with E-state index in [9.17, 15) is 14.7 Å². The number of carbonyl (C=O) groups excluding carboxylic acids is 1. The Kier molecular flexibility index (Phi) is 9.88. The molecule has 3 aromatic heterocycles. The number of ether oxygens (including phenoxy) is 1. The van der Waals surface area contributed by atoms with Crippen LogP contribution in [0.3, 0.4) is 0 Å². The van der Waals surface area contributed by atoms with Gasteiger partial charge in [-0.05, 0) is 56.9 Å². The summed E-state index contributed by atoms with van der Waals surface area (Å²) >= 11 is 14.3. The molecule has 0 unspecified atom stereocenters. The molecule has 2 aliphatic rings. The molecule has 1 amide bonds. The van der Waals surface area contributed by atoms with Gasteiger partial charge in [0.05, 0.1) is 34.1 Å². The summed E-state index contributed by atoms with van der Waals surface area (Å²) in [6.07, 6.45) is 4.47. The third-order valence-electron chi connectivity index (χ3n) is 9.89. The number of amides is 1. The number of nitrogens with zero attached hydrogens (tertiary/aromatic N) is 3. The number of halogens is 2. The minimum atomic E-state index is -0.636. The standard InChI is InChI=1S/C39H40Cl2N6O4/c1-22-32(21-43-26-17-39(2,50)18-26)45-33-16-23(14-15-47(33)38(22)49)27-6-4-7-28(35(27)40)29-8-5-9-30(36(29)41)31-12-10-24(37(46-31)51-3)19-42-20-25-11-13-34(48)44-25/h4-10,12,14-16,25-26,42-43,50H,11,13,17-21H2,1-3H3,(H,44,48)/t25-,26?,39?/m0/s1. The highest BCUT2D eigenvalue weighted by atomic mass is 35.5. The van der Waals surface area contributed by atoms with E-state index in [2.05, 4.69) is 16.0 Å². The van der Waals surface area contributed by atoms with E-state index >= 15 is 0 Å². The zero-order chi connectivity index (χ0) is 35.9. The Hall–Kier alpha value is -4.32. The van der Waals surface area contributed by atoms with Gasteiger partial charge in [-0.25, -0.2) is 9.97 Å². The molecule has 1 saturated carbocycles. The second kappa shape index (κ2) is 14.4. The predicted octanol–water partition coefficient (Wildman–Crippen LogP) is 6.09. The van der Waals surface area contributed by atoms with Crippen molar-refractivity contribution < 1.29 is 14.6 Å². The fraction of sp³-hybridized carbons (Fsp3) is 0.333. The average Bonchev–Trinajstić information content (AvgIpc) is 3.53. The third-order valence-corrected chi connectivity index (χ3v) is 10.7. The number of methoxy groups -OCH3 is 1. The molecule has 5 aromatic rings. The minimum Gasteiger partial charge on any atom is -0.481 e. The molecule has 2 fully saturated rings. The van der Waals surface area contributed by atoms with Gasteiger partial charge in [-0.1, -0.05) is 65.7 Å². The van der Waals surface area contributed by atoms with E-state index in [0.717, 1.165) is 39.8 Å². The molecule has 0 radical (unpaired) electrons. The van der Waals surface area contributed by atoms with Gasteiger partial charge in [0.15, 0.2) is 0 Å². The Morgan fingerprint density at radius 2 is 1.69 bits per heavy atom. The van der Waals surface area contributed by atoms with Crippen molar-refractivity contribution >= 4 is 34.8 Å². The van der Waals surface area contributed by atoms with Gasteiger partial charge in [-0.2, -0.15) is 0 Å². The molecule has 1 aliphatic heterocycles. The van der Waals surface area contributed by atoms with Crippen LogP contribution in [-0.4, -0.2) is 56.7 Å². The molecular weight excluding hydrogens is 687 g/mol. The van der Waals surface area contributed by atoms with Crippen molar-refractivity contribution in [3.63, 3.8) is 0 Å². The third kappa shape index (κ3) is 7.24. The molecule has 4 heterocycles. The summed E-state index contributed by atoms with van der Waals surface area (Å²) in [6.45, 7) is 5.27. The highest BCUT2D eigenvalue weighted by Crippen LogP contribution is 2.42. The van der Waals surface area contributed by atoms with Crippen molar-refractivity contribution in [2.45, 2.75) is 70.3 Å². The van der Waals surface area contributed by atoms with Gasteiger partial charge in [-0.3, -0.25) is 14.0 Å². The lowest BCUT2D eigenvalue weighted by atomic mass is 9.77. The number of aromatic nitrogens is 3. The Morgan fingerprint density at radius 1 is 0.980 bits per heavy atom. The molecule has 4 N–H and O–H groups in total. The number of pyridine rings is 2. The summed E-state index contributed by atoms with van der Waals surface area (Å²) in [5, 5.41) is 20.9. The summed E-state index contributed by atoms with van der Waals surface area (Å²) in [6, 6.07) is 19.5. The van der Waals surface area contributed by atoms with Crippen molar-refractivity contribution in [3.8, 4) is 39.4 Å². The Bertz CT molecular complexity index is 2200. The zero-order valence-corrected chi connectivity index (χ0v) is 30.2. The summed E-state index contributed by atoms with van der Waals surface area (Å²) in [4.78, 5) is 34.4. The van der Waals surface area contributed by atoms with E-state index in [1.165, 1.54) is 0 Å². The van der Waals surface area contributed by atoms with Crippen molar-refractivity contribution in [2.24, 2.45) is 0 Å². The normalized spacial score (nSPS) is 20.0. The van der Waals surface area contributed by atoms with Crippen molar-refractivity contribution in [1.29, 1.82) is 0 Å². The maximum absolute atomic E-state index is 13.3. The molecule has 10 nitrogen and oxygen atoms in total. The van der Waals surface area contributed by atoms with Crippen LogP contribution in [0.1, 0.15) is 49.4 Å². The molecule has 1 aliphatic carbocycles. The van der Waals surface area contributed by atoms with Gasteiger partial charge in [0, 0.05) is 77.7 Å². The number of nitrogens with one attached hydrogen (secondary N) is 3. The molecule has 0 spiro atoms. The van der Waals surface area contributed by atoms with Gasteiger partial charge in [-0.15, -0.1) is 0 Å². The second-order valence-corrected chi connectivity index (χ2v) is 14.5. The fourth-order valence-electron chi connectivity index (χ4n) is 7.04. The second-order valence-electron chi connectivity index (χ2n) is 13.7. The number of hydrogen-bond acceptors (Lipinski definition) is 8. The van der Waals surface area contributed by atoms with E-state index in [1.54, 1.807) is 24.6 Å². The molecule has 12 heteroatoms. The van der Waals surface area contributed by atoms with Crippen LogP contribution < -0.4 is 26.2 Å². The predicted molar refractivity (Wildman–Crippen MR) is 200 cm³/mol. The molecule has 1 atom stereocenters. The first kappa shape index (κ1) is 35.1. The minimum absolute atomic E-state index is 0.0935. The van der Waals surface area contributed by atoms with E-state index in [4.69, 9.17) is 37.9 Å². The molecule has 7 rings (SSSR count). The quantitative estimate of drug-likeness (QED) is 0.129. The lowest BCUT2D eigenvalue weighted by Gasteiger charge is -2.41. The monoisotopic (exact) mass is 726 g/mol. The van der Waals surface area contributed by atoms with Crippen LogP contribution in [0.2, 0.25) is 10.0 Å². The van der Waals surface area contributed by atoms with Gasteiger partial charge in [0.1, 0.15) is 5.65 Å². The highest BCUT2D eigenvalue weighted by Gasteiger charge is 2.38. The van der Waals surface area contributed by atoms with Crippen LogP contribution in [-0.2, 0) is 17.9 Å². The summed E-state index contributed by atoms with van der Waals surface area (Å²) in [5.74, 6) is 0.585. The maximum Gasteiger partial charge on any atom is 0.261 e. The van der Waals surface area contributed by atoms with Crippen LogP contribution in [0.15, 0.2) is 71.7 Å². The van der Waals surface area contributed by atoms with E-state index in [0.29, 0.717) is 77.4 Å². The first-order chi connectivity index (χ1) is 24.5. The topological polar surface area (TPSA) is 130 Å². The van der Waals surface area contributed by atoms with Gasteiger partial charge >= 0.3 is 0 Å². The number of carbonyl (C=O) groups is 1. The number of aliphatic hydroxyl groups is 1. The van der Waals surface area contributed by atoms with Crippen LogP contribution in [0.25, 0.3) is 39.2 Å². The zero-order valence-electron chi connectivity index (χ0n) is 28.7. The summed E-state index contributed by atoms with van der Waals surface area (Å²) < 4.78 is 7.20. The van der Waals surface area contributed by atoms with Gasteiger partial charge in [0.2, 0.25) is 11.8 Å². The number of hydrogen-bond donors (Lipinski definition) is 4. The lowest BCUT2D eigenvalue weighted by molar-refractivity contribution is -0.119. The Balaban J connectivity index is 1.15. The number of benzene rings is 2. The number of rotatable bonds is 11. The Morgan fingerprint density at radius 3 is 2.37 bits per heavy atom. The number of fused-ring (bicyclic) bond motifs is 1. The molecule has 2 aromatic carbocycles. The highest BCUT2D eigenvalue weighted by molar-refractivity contribution is 6.39. The van der Waals surface area contributed by atoms with E-state index < -0.39 is 5.60 Å². The van der Waals surface area contributed by atoms with Crippen LogP contribution >= 0.6 is 23.2 Å². The van der Waals surface area contributed by atoms with Crippen molar-refractivity contribution in [3.05, 3.63) is 104 Å². The Labute approximate surface area is 306 Å². The van der Waals surface area contributed by atoms with Crippen LogP contribution in [0.5, 0.6) is 5.88 Å². The molecule has 264 valence electrons. The summed E-state index contributed by atoms with van der Waals surface area (Å²) in [5.41, 5.74) is 6.40. The lowest BCUT2D eigenvalue weighted by Crippen LogP contribution is -2.51. The first-order valence-corrected chi connectivity index (χ1v) is 17.9. The average molecular weight is 728 g/mol. The first-order valence-electron chi connectivity index (χ1n) is 17.1. The molecule has 0 bridgehead atoms. The summed E-state index contributed by atoms with van der Waals surface area (Å²) in [7, 11) is 1.59. The van der Waals surface area contributed by atoms with E-state index in [-0.39, 0.29) is 23.6 Å². The molecule has 51 heavy (non-hydrogen) atoms. The van der Waals surface area contributed by atoms with Crippen LogP contribution in [0, 0.1) is 6.92 Å². The van der Waals surface area contributed by atoms with Gasteiger partial charge < -0.3 is 25.8 Å². The van der Waals surface area contributed by atoms with Crippen molar-refractivity contribution in [2.75, 3.05) is 13.7 Å². The van der Waals surface area contributed by atoms with Crippen molar-refractivity contribution in [1.82, 2.24) is 30.3 Å². The van der Waals surface area contributed by atoms with Crippen LogP contribution in [0.4, 0.5) is 0 Å². The fourth-order valence-corrected chi connectivity index (χ4v) is 7.70. The van der Waals surface area contributed by atoms with E-state index in [1.807, 2.05) is 67.6 Å². The van der Waals surface area contributed by atoms with Gasteiger partial charge in [0.25, 0.3) is 5.56 Å². The largest absolute Gasteiger partial charge is 0.481 e. The smallest absolute Gasteiger partial charge is 0.261 e. The maximum atomic E-state index is 13.3. The molecular formula is C39H40Cl2N6O4.